The number of nitrogens with one attached hydrogen (secondary N) is 1. The van der Waals surface area contributed by atoms with E-state index in [0.717, 1.165) is 0 Å². The largest absolute Gasteiger partial charge is 0.511 e. The number of β-lactam (4-membered cyclic amide) rings is 1. The van der Waals surface area contributed by atoms with Crippen molar-refractivity contribution in [3.8, 4) is 5.75 Å². The molecule has 1 aromatic carbocycles. The summed E-state index contributed by atoms with van der Waals surface area (Å²) in [5, 5.41) is 11.6. The number of aromatic hydroxyl groups is 1. The van der Waals surface area contributed by atoms with E-state index in [4.69, 9.17) is 15.2 Å². The van der Waals surface area contributed by atoms with Crippen LogP contribution in [0.15, 0.2) is 24.3 Å². The standard InChI is InChI=1S/C21H27N3O8S/c1-5-30-20(29)32-10(2)31-19(28)15-21(3,4)33-18-14(17(27)24(15)18)23-16(26)13(22)11-6-8-12(25)9-7-11/h6-10,13-15,18,25H,5,22H2,1-4H3,(H,23,26)/t10?,13?,14-,15+,18-/m1/s1. The van der Waals surface area contributed by atoms with Crippen LogP contribution in [0.25, 0.3) is 0 Å². The van der Waals surface area contributed by atoms with E-state index in [1.807, 2.05) is 0 Å². The van der Waals surface area contributed by atoms with Gasteiger partial charge in [-0.15, -0.1) is 11.8 Å². The summed E-state index contributed by atoms with van der Waals surface area (Å²) in [5.41, 5.74) is 6.47. The van der Waals surface area contributed by atoms with Crippen molar-refractivity contribution in [1.29, 1.82) is 0 Å². The smallest absolute Gasteiger partial charge is 0.508 e. The molecule has 2 unspecified atom stereocenters. The van der Waals surface area contributed by atoms with Gasteiger partial charge >= 0.3 is 12.1 Å². The molecular weight excluding hydrogens is 454 g/mol. The molecule has 2 aliphatic rings. The van der Waals surface area contributed by atoms with E-state index in [-0.39, 0.29) is 12.4 Å². The molecule has 12 heteroatoms. The zero-order valence-electron chi connectivity index (χ0n) is 18.6. The van der Waals surface area contributed by atoms with Gasteiger partial charge in [-0.3, -0.25) is 9.59 Å². The van der Waals surface area contributed by atoms with Crippen molar-refractivity contribution < 1.29 is 38.5 Å². The fraction of sp³-hybridized carbons (Fsp3) is 0.524. The van der Waals surface area contributed by atoms with Gasteiger partial charge in [-0.1, -0.05) is 12.1 Å². The Hall–Kier alpha value is -2.99. The molecule has 0 aliphatic carbocycles. The molecule has 180 valence electrons. The van der Waals surface area contributed by atoms with Crippen LogP contribution in [0.3, 0.4) is 0 Å². The van der Waals surface area contributed by atoms with Crippen LogP contribution in [0, 0.1) is 0 Å². The number of rotatable bonds is 7. The van der Waals surface area contributed by atoms with Gasteiger partial charge in [0.25, 0.3) is 0 Å². The summed E-state index contributed by atoms with van der Waals surface area (Å²) in [6.45, 7) is 6.66. The monoisotopic (exact) mass is 481 g/mol. The van der Waals surface area contributed by atoms with E-state index in [2.05, 4.69) is 10.1 Å². The fourth-order valence-corrected chi connectivity index (χ4v) is 5.36. The van der Waals surface area contributed by atoms with Crippen LogP contribution < -0.4 is 11.1 Å². The highest BCUT2D eigenvalue weighted by atomic mass is 32.2. The number of nitrogens with zero attached hydrogens (tertiary/aromatic N) is 1. The van der Waals surface area contributed by atoms with Crippen LogP contribution in [0.1, 0.15) is 39.3 Å². The van der Waals surface area contributed by atoms with Crippen molar-refractivity contribution in [2.45, 2.75) is 62.2 Å². The first-order valence-electron chi connectivity index (χ1n) is 10.3. The number of phenols is 1. The maximum absolute atomic E-state index is 12.8. The molecule has 2 aliphatic heterocycles. The molecule has 2 heterocycles. The second-order valence-electron chi connectivity index (χ2n) is 8.12. The third-order valence-electron chi connectivity index (χ3n) is 5.30. The molecule has 0 bridgehead atoms. The molecule has 0 radical (unpaired) electrons. The van der Waals surface area contributed by atoms with E-state index in [1.54, 1.807) is 20.8 Å². The third-order valence-corrected chi connectivity index (χ3v) is 6.87. The van der Waals surface area contributed by atoms with Gasteiger partial charge in [0.15, 0.2) is 0 Å². The van der Waals surface area contributed by atoms with Gasteiger partial charge in [-0.05, 0) is 38.5 Å². The molecule has 5 atom stereocenters. The lowest BCUT2D eigenvalue weighted by atomic mass is 9.95. The highest BCUT2D eigenvalue weighted by Crippen LogP contribution is 2.51. The number of carbonyl (C=O) groups excluding carboxylic acids is 4. The predicted molar refractivity (Wildman–Crippen MR) is 117 cm³/mol. The second kappa shape index (κ2) is 9.48. The highest BCUT2D eigenvalue weighted by molar-refractivity contribution is 8.01. The topological polar surface area (TPSA) is 157 Å². The molecule has 2 amide bonds. The number of benzene rings is 1. The molecule has 33 heavy (non-hydrogen) atoms. The van der Waals surface area contributed by atoms with Gasteiger partial charge in [0, 0.05) is 11.7 Å². The summed E-state index contributed by atoms with van der Waals surface area (Å²) in [7, 11) is 0. The number of nitrogens with two attached hydrogens (primary N) is 1. The first-order chi connectivity index (χ1) is 15.5. The SMILES string of the molecule is CCOC(=O)OC(C)OC(=O)[C@@H]1N2C(=O)[C@@H](NC(=O)C(N)c3ccc(O)cc3)[C@H]2SC1(C)C. The number of ether oxygens (including phenoxy) is 3. The Kier molecular flexibility index (Phi) is 7.08. The average Bonchev–Trinajstić information content (AvgIpc) is 2.99. The minimum atomic E-state index is -1.20. The molecule has 11 nitrogen and oxygen atoms in total. The van der Waals surface area contributed by atoms with Gasteiger partial charge in [0.05, 0.1) is 6.61 Å². The van der Waals surface area contributed by atoms with Gasteiger partial charge in [0.2, 0.25) is 18.1 Å². The summed E-state index contributed by atoms with van der Waals surface area (Å²) in [5.74, 6) is -1.68. The lowest BCUT2D eigenvalue weighted by molar-refractivity contribution is -0.180. The Bertz CT molecular complexity index is 938. The lowest BCUT2D eigenvalue weighted by Crippen LogP contribution is -2.71. The first-order valence-corrected chi connectivity index (χ1v) is 11.2. The number of thioether (sulfide) groups is 1. The van der Waals surface area contributed by atoms with E-state index in [1.165, 1.54) is 47.9 Å². The number of hydrogen-bond donors (Lipinski definition) is 3. The minimum Gasteiger partial charge on any atom is -0.508 e. The maximum atomic E-state index is 12.8. The number of hydrogen-bond acceptors (Lipinski definition) is 10. The van der Waals surface area contributed by atoms with E-state index in [0.29, 0.717) is 5.56 Å². The molecular formula is C21H27N3O8S. The van der Waals surface area contributed by atoms with Crippen molar-refractivity contribution in [2.75, 3.05) is 6.61 Å². The number of esters is 1. The van der Waals surface area contributed by atoms with E-state index >= 15 is 0 Å². The van der Waals surface area contributed by atoms with Crippen molar-refractivity contribution >= 4 is 35.7 Å². The van der Waals surface area contributed by atoms with Crippen molar-refractivity contribution in [3.05, 3.63) is 29.8 Å². The Morgan fingerprint density at radius 1 is 1.24 bits per heavy atom. The molecule has 2 fully saturated rings. The summed E-state index contributed by atoms with van der Waals surface area (Å²) in [6.07, 6.45) is -2.17. The molecule has 0 saturated carbocycles. The van der Waals surface area contributed by atoms with Crippen LogP contribution in [0.2, 0.25) is 0 Å². The van der Waals surface area contributed by atoms with Crippen LogP contribution in [-0.2, 0) is 28.6 Å². The van der Waals surface area contributed by atoms with Crippen LogP contribution in [-0.4, -0.2) is 69.0 Å². The zero-order valence-corrected chi connectivity index (χ0v) is 19.5. The average molecular weight is 482 g/mol. The van der Waals surface area contributed by atoms with Crippen LogP contribution in [0.5, 0.6) is 5.75 Å². The van der Waals surface area contributed by atoms with Crippen LogP contribution in [0.4, 0.5) is 4.79 Å². The number of amides is 2. The van der Waals surface area contributed by atoms with Crippen molar-refractivity contribution in [3.63, 3.8) is 0 Å². The maximum Gasteiger partial charge on any atom is 0.511 e. The van der Waals surface area contributed by atoms with Gasteiger partial charge in [-0.2, -0.15) is 0 Å². The summed E-state index contributed by atoms with van der Waals surface area (Å²) in [6, 6.07) is 3.05. The Labute approximate surface area is 194 Å². The second-order valence-corrected chi connectivity index (χ2v) is 9.89. The Morgan fingerprint density at radius 3 is 2.48 bits per heavy atom. The summed E-state index contributed by atoms with van der Waals surface area (Å²) < 4.78 is 14.0. The van der Waals surface area contributed by atoms with Gasteiger partial charge in [0.1, 0.15) is 29.2 Å². The highest BCUT2D eigenvalue weighted by Gasteiger charge is 2.64. The van der Waals surface area contributed by atoms with Crippen LogP contribution >= 0.6 is 11.8 Å². The quantitative estimate of drug-likeness (QED) is 0.291. The molecule has 4 N–H and O–H groups in total. The Morgan fingerprint density at radius 2 is 1.88 bits per heavy atom. The van der Waals surface area contributed by atoms with Gasteiger partial charge in [-0.25, -0.2) is 9.59 Å². The fourth-order valence-electron chi connectivity index (χ4n) is 3.74. The molecule has 0 spiro atoms. The number of carbonyl (C=O) groups is 4. The van der Waals surface area contributed by atoms with Crippen molar-refractivity contribution in [2.24, 2.45) is 5.73 Å². The Balaban J connectivity index is 1.63. The zero-order chi connectivity index (χ0) is 24.5. The summed E-state index contributed by atoms with van der Waals surface area (Å²) >= 11 is 1.35. The molecule has 3 rings (SSSR count). The van der Waals surface area contributed by atoms with Crippen molar-refractivity contribution in [1.82, 2.24) is 10.2 Å². The lowest BCUT2D eigenvalue weighted by Gasteiger charge is -2.44. The minimum absolute atomic E-state index is 0.0423. The molecule has 0 aromatic heterocycles. The predicted octanol–water partition coefficient (Wildman–Crippen LogP) is 1.00. The normalized spacial score (nSPS) is 24.7. The van der Waals surface area contributed by atoms with Gasteiger partial charge < -0.3 is 35.3 Å². The molecule has 1 aromatic rings. The third kappa shape index (κ3) is 5.01. The van der Waals surface area contributed by atoms with E-state index < -0.39 is 58.5 Å². The van der Waals surface area contributed by atoms with E-state index in [9.17, 15) is 24.3 Å². The first kappa shape index (κ1) is 24.6. The molecule has 2 saturated heterocycles. The number of phenolic OH excluding ortho intramolecular Hbond substituents is 1. The summed E-state index contributed by atoms with van der Waals surface area (Å²) in [4.78, 5) is 51.0. The number of fused-ring (bicyclic) bond motifs is 1.